The van der Waals surface area contributed by atoms with Crippen LogP contribution in [0.3, 0.4) is 0 Å². The van der Waals surface area contributed by atoms with Gasteiger partial charge in [-0.1, -0.05) is 6.92 Å². The van der Waals surface area contributed by atoms with E-state index in [-0.39, 0.29) is 23.8 Å². The molecule has 7 heteroatoms. The molecule has 2 N–H and O–H groups in total. The van der Waals surface area contributed by atoms with Crippen LogP contribution in [-0.2, 0) is 17.8 Å². The first kappa shape index (κ1) is 20.6. The first-order valence-electron chi connectivity index (χ1n) is 10.2. The van der Waals surface area contributed by atoms with Gasteiger partial charge < -0.3 is 15.2 Å². The molecule has 0 bridgehead atoms. The van der Waals surface area contributed by atoms with Crippen LogP contribution in [-0.4, -0.2) is 34.0 Å². The molecule has 1 fully saturated rings. The predicted molar refractivity (Wildman–Crippen MR) is 111 cm³/mol. The number of carbonyl (C=O) groups is 2. The molecule has 0 aliphatic heterocycles. The lowest BCUT2D eigenvalue weighted by Gasteiger charge is -2.28. The Morgan fingerprint density at radius 2 is 2.07 bits per heavy atom. The molecule has 28 heavy (non-hydrogen) atoms. The molecule has 0 atom stereocenters. The molecule has 3 rings (SSSR count). The summed E-state index contributed by atoms with van der Waals surface area (Å²) in [6.45, 7) is 5.63. The van der Waals surface area contributed by atoms with E-state index < -0.39 is 0 Å². The van der Waals surface area contributed by atoms with Crippen LogP contribution < -0.4 is 10.6 Å². The normalized spacial score (nSPS) is 19.4. The minimum atomic E-state index is 0.0198. The van der Waals surface area contributed by atoms with Gasteiger partial charge in [0, 0.05) is 43.9 Å². The molecule has 1 aliphatic carbocycles. The smallest absolute Gasteiger partial charge is 0.261 e. The fourth-order valence-electron chi connectivity index (χ4n) is 3.82. The van der Waals surface area contributed by atoms with Gasteiger partial charge in [-0.2, -0.15) is 0 Å². The highest BCUT2D eigenvalue weighted by Gasteiger charge is 2.27. The zero-order chi connectivity index (χ0) is 19.9. The average Bonchev–Trinajstić information content (AvgIpc) is 3.34. The highest BCUT2D eigenvalue weighted by atomic mass is 32.1. The summed E-state index contributed by atoms with van der Waals surface area (Å²) < 4.78 is 2.15. The number of aromatic nitrogens is 2. The summed E-state index contributed by atoms with van der Waals surface area (Å²) in [7, 11) is 0. The van der Waals surface area contributed by atoms with Gasteiger partial charge in [-0.25, -0.2) is 4.98 Å². The lowest BCUT2D eigenvalue weighted by molar-refractivity contribution is -0.126. The van der Waals surface area contributed by atoms with Gasteiger partial charge in [0.15, 0.2) is 0 Å². The first-order chi connectivity index (χ1) is 13.6. The maximum Gasteiger partial charge on any atom is 0.261 e. The van der Waals surface area contributed by atoms with Crippen LogP contribution in [0.2, 0.25) is 0 Å². The second-order valence-electron chi connectivity index (χ2n) is 7.49. The third kappa shape index (κ3) is 5.22. The molecule has 2 amide bonds. The van der Waals surface area contributed by atoms with Crippen LogP contribution in [0.25, 0.3) is 0 Å². The lowest BCUT2D eigenvalue weighted by Crippen LogP contribution is -2.41. The third-order valence-corrected chi connectivity index (χ3v) is 6.51. The monoisotopic (exact) mass is 402 g/mol. The number of aryl methyl sites for hydroxylation is 3. The third-order valence-electron chi connectivity index (χ3n) is 5.49. The lowest BCUT2D eigenvalue weighted by atomic mass is 9.85. The van der Waals surface area contributed by atoms with Crippen molar-refractivity contribution < 1.29 is 9.59 Å². The summed E-state index contributed by atoms with van der Waals surface area (Å²) in [6, 6.07) is 2.14. The van der Waals surface area contributed by atoms with Gasteiger partial charge in [0.2, 0.25) is 5.91 Å². The number of hydrogen-bond acceptors (Lipinski definition) is 4. The second-order valence-corrected chi connectivity index (χ2v) is 8.41. The number of rotatable bonds is 8. The summed E-state index contributed by atoms with van der Waals surface area (Å²) in [5.41, 5.74) is 1.03. The topological polar surface area (TPSA) is 76.0 Å². The van der Waals surface area contributed by atoms with E-state index in [2.05, 4.69) is 27.1 Å². The van der Waals surface area contributed by atoms with Crippen molar-refractivity contribution in [2.45, 2.75) is 65.0 Å². The highest BCUT2D eigenvalue weighted by Crippen LogP contribution is 2.25. The molecule has 2 heterocycles. The number of nitrogens with zero attached hydrogens (tertiary/aromatic N) is 2. The van der Waals surface area contributed by atoms with Crippen molar-refractivity contribution >= 4 is 23.2 Å². The fourth-order valence-corrected chi connectivity index (χ4v) is 4.65. The van der Waals surface area contributed by atoms with Gasteiger partial charge in [-0.3, -0.25) is 9.59 Å². The summed E-state index contributed by atoms with van der Waals surface area (Å²) in [5, 5.41) is 8.16. The molecule has 2 aromatic heterocycles. The van der Waals surface area contributed by atoms with Gasteiger partial charge in [0.1, 0.15) is 5.82 Å². The van der Waals surface area contributed by atoms with Crippen molar-refractivity contribution in [3.63, 3.8) is 0 Å². The second kappa shape index (κ2) is 9.87. The Morgan fingerprint density at radius 1 is 1.29 bits per heavy atom. The molecule has 0 spiro atoms. The molecule has 1 saturated carbocycles. The Labute approximate surface area is 170 Å². The Kier molecular flexibility index (Phi) is 7.25. The molecule has 6 nitrogen and oxygen atoms in total. The van der Waals surface area contributed by atoms with Gasteiger partial charge in [0.25, 0.3) is 5.91 Å². The van der Waals surface area contributed by atoms with Gasteiger partial charge >= 0.3 is 0 Å². The molecule has 0 unspecified atom stereocenters. The summed E-state index contributed by atoms with van der Waals surface area (Å²) in [4.78, 5) is 29.9. The van der Waals surface area contributed by atoms with E-state index in [4.69, 9.17) is 0 Å². The van der Waals surface area contributed by atoms with Crippen molar-refractivity contribution in [1.82, 2.24) is 20.2 Å². The van der Waals surface area contributed by atoms with E-state index in [0.717, 1.165) is 61.3 Å². The van der Waals surface area contributed by atoms with Crippen LogP contribution in [0.1, 0.15) is 60.1 Å². The van der Waals surface area contributed by atoms with E-state index in [1.165, 1.54) is 11.3 Å². The van der Waals surface area contributed by atoms with Crippen LogP contribution in [0.15, 0.2) is 23.8 Å². The quantitative estimate of drug-likeness (QED) is 0.665. The van der Waals surface area contributed by atoms with E-state index in [1.54, 1.807) is 0 Å². The Bertz CT molecular complexity index is 790. The summed E-state index contributed by atoms with van der Waals surface area (Å²) >= 11 is 1.48. The predicted octanol–water partition coefficient (Wildman–Crippen LogP) is 3.31. The Hall–Kier alpha value is -2.15. The number of amides is 2. The first-order valence-corrected chi connectivity index (χ1v) is 11.1. The van der Waals surface area contributed by atoms with Crippen molar-refractivity contribution in [1.29, 1.82) is 0 Å². The van der Waals surface area contributed by atoms with Crippen molar-refractivity contribution in [2.24, 2.45) is 5.92 Å². The molecule has 0 saturated heterocycles. The van der Waals surface area contributed by atoms with E-state index in [9.17, 15) is 9.59 Å². The maximum absolute atomic E-state index is 12.4. The van der Waals surface area contributed by atoms with Crippen LogP contribution in [0, 0.1) is 12.8 Å². The zero-order valence-electron chi connectivity index (χ0n) is 16.7. The van der Waals surface area contributed by atoms with Gasteiger partial charge in [0.05, 0.1) is 4.88 Å². The fraction of sp³-hybridized carbons (Fsp3) is 0.571. The maximum atomic E-state index is 12.4. The van der Waals surface area contributed by atoms with E-state index >= 15 is 0 Å². The SMILES string of the molecule is CCc1nccn1CCCNC(=O)C1CCC(NC(=O)c2sccc2C)CC1. The zero-order valence-corrected chi connectivity index (χ0v) is 17.6. The van der Waals surface area contributed by atoms with Crippen LogP contribution >= 0.6 is 11.3 Å². The number of imidazole rings is 1. The summed E-state index contributed by atoms with van der Waals surface area (Å²) in [6.07, 6.45) is 9.05. The standard InChI is InChI=1S/C21H30N4O2S/c1-3-18-22-11-13-25(18)12-4-10-23-20(26)16-5-7-17(8-6-16)24-21(27)19-15(2)9-14-28-19/h9,11,13-14,16-17H,3-8,10,12H2,1-2H3,(H,23,26)(H,24,27). The largest absolute Gasteiger partial charge is 0.356 e. The molecule has 2 aromatic rings. The number of hydrogen-bond donors (Lipinski definition) is 2. The Morgan fingerprint density at radius 3 is 2.75 bits per heavy atom. The van der Waals surface area contributed by atoms with Crippen LogP contribution in [0.5, 0.6) is 0 Å². The number of thiophene rings is 1. The van der Waals surface area contributed by atoms with Gasteiger partial charge in [-0.15, -0.1) is 11.3 Å². The molecule has 152 valence electrons. The van der Waals surface area contributed by atoms with E-state index in [0.29, 0.717) is 6.54 Å². The molecule has 0 radical (unpaired) electrons. The molecule has 0 aromatic carbocycles. The van der Waals surface area contributed by atoms with E-state index in [1.807, 2.05) is 30.8 Å². The number of nitrogens with one attached hydrogen (secondary N) is 2. The average molecular weight is 403 g/mol. The number of carbonyl (C=O) groups excluding carboxylic acids is 2. The van der Waals surface area contributed by atoms with Crippen molar-refractivity contribution in [3.8, 4) is 0 Å². The summed E-state index contributed by atoms with van der Waals surface area (Å²) in [5.74, 6) is 1.33. The minimum absolute atomic E-state index is 0.0198. The molecular formula is C21H30N4O2S. The molecule has 1 aliphatic rings. The Balaban J connectivity index is 1.34. The minimum Gasteiger partial charge on any atom is -0.356 e. The molecular weight excluding hydrogens is 372 g/mol. The van der Waals surface area contributed by atoms with Crippen molar-refractivity contribution in [3.05, 3.63) is 40.1 Å². The highest BCUT2D eigenvalue weighted by molar-refractivity contribution is 7.12. The van der Waals surface area contributed by atoms with Gasteiger partial charge in [-0.05, 0) is 56.0 Å². The van der Waals surface area contributed by atoms with Crippen molar-refractivity contribution in [2.75, 3.05) is 6.54 Å². The van der Waals surface area contributed by atoms with Crippen LogP contribution in [0.4, 0.5) is 0 Å².